The number of rotatable bonds is 4. The molecule has 20 heavy (non-hydrogen) atoms. The van der Waals surface area contributed by atoms with Crippen molar-refractivity contribution >= 4 is 27.3 Å². The van der Waals surface area contributed by atoms with E-state index in [0.29, 0.717) is 16.7 Å². The maximum atomic E-state index is 13.2. The number of hydrogen-bond donors (Lipinski definition) is 1. The lowest BCUT2D eigenvalue weighted by atomic mass is 10.1. The first-order valence-corrected chi connectivity index (χ1v) is 6.69. The van der Waals surface area contributed by atoms with E-state index in [2.05, 4.69) is 21.2 Å². The Labute approximate surface area is 123 Å². The first-order valence-electron chi connectivity index (χ1n) is 5.90. The summed E-state index contributed by atoms with van der Waals surface area (Å²) in [5, 5.41) is 14.0. The zero-order chi connectivity index (χ0) is 14.7. The standard InChI is InChI=1S/C14H12BrFN2O2/c1-9-2-4-12(16)6-10(9)8-17-13-5-3-11(15)7-14(13)18(19)20/h2-7,17H,8H2,1H3. The normalized spacial score (nSPS) is 10.3. The molecule has 0 aliphatic rings. The number of nitrogens with zero attached hydrogens (tertiary/aromatic N) is 1. The fourth-order valence-electron chi connectivity index (χ4n) is 1.83. The lowest BCUT2D eigenvalue weighted by Crippen LogP contribution is -2.04. The molecule has 4 nitrogen and oxygen atoms in total. The Morgan fingerprint density at radius 2 is 2.05 bits per heavy atom. The van der Waals surface area contributed by atoms with Gasteiger partial charge >= 0.3 is 0 Å². The highest BCUT2D eigenvalue weighted by molar-refractivity contribution is 9.10. The molecule has 2 aromatic carbocycles. The van der Waals surface area contributed by atoms with Crippen molar-refractivity contribution in [1.29, 1.82) is 0 Å². The highest BCUT2D eigenvalue weighted by Gasteiger charge is 2.14. The first kappa shape index (κ1) is 14.5. The lowest BCUT2D eigenvalue weighted by molar-refractivity contribution is -0.384. The summed E-state index contributed by atoms with van der Waals surface area (Å²) in [6.45, 7) is 2.19. The predicted octanol–water partition coefficient (Wildman–Crippen LogP) is 4.42. The summed E-state index contributed by atoms with van der Waals surface area (Å²) in [5.41, 5.74) is 2.08. The second kappa shape index (κ2) is 6.00. The Hall–Kier alpha value is -1.95. The van der Waals surface area contributed by atoms with E-state index >= 15 is 0 Å². The van der Waals surface area contributed by atoms with Crippen LogP contribution in [0.15, 0.2) is 40.9 Å². The minimum atomic E-state index is -0.453. The van der Waals surface area contributed by atoms with Crippen molar-refractivity contribution in [3.63, 3.8) is 0 Å². The summed E-state index contributed by atoms with van der Waals surface area (Å²) in [6.07, 6.45) is 0. The van der Waals surface area contributed by atoms with Gasteiger partial charge in [-0.2, -0.15) is 0 Å². The van der Waals surface area contributed by atoms with Gasteiger partial charge in [0.15, 0.2) is 0 Å². The van der Waals surface area contributed by atoms with E-state index < -0.39 is 4.92 Å². The minimum absolute atomic E-state index is 0.0200. The Balaban J connectivity index is 2.23. The van der Waals surface area contributed by atoms with E-state index in [1.54, 1.807) is 18.2 Å². The number of hydrogen-bond acceptors (Lipinski definition) is 3. The Morgan fingerprint density at radius 1 is 1.30 bits per heavy atom. The van der Waals surface area contributed by atoms with Crippen molar-refractivity contribution in [3.05, 3.63) is 67.9 Å². The number of anilines is 1. The summed E-state index contributed by atoms with van der Waals surface area (Å²) in [6, 6.07) is 9.27. The second-order valence-corrected chi connectivity index (χ2v) is 5.26. The van der Waals surface area contributed by atoms with Gasteiger partial charge in [-0.05, 0) is 42.3 Å². The zero-order valence-electron chi connectivity index (χ0n) is 10.7. The zero-order valence-corrected chi connectivity index (χ0v) is 12.3. The van der Waals surface area contributed by atoms with Crippen molar-refractivity contribution in [2.24, 2.45) is 0 Å². The fourth-order valence-corrected chi connectivity index (χ4v) is 2.18. The van der Waals surface area contributed by atoms with Gasteiger partial charge in [-0.3, -0.25) is 10.1 Å². The van der Waals surface area contributed by atoms with Crippen molar-refractivity contribution in [2.75, 3.05) is 5.32 Å². The fraction of sp³-hybridized carbons (Fsp3) is 0.143. The molecular weight excluding hydrogens is 327 g/mol. The molecule has 0 heterocycles. The molecule has 0 amide bonds. The van der Waals surface area contributed by atoms with Crippen LogP contribution >= 0.6 is 15.9 Å². The van der Waals surface area contributed by atoms with E-state index in [4.69, 9.17) is 0 Å². The number of aryl methyl sites for hydroxylation is 1. The summed E-state index contributed by atoms with van der Waals surface area (Å²) in [4.78, 5) is 10.5. The maximum Gasteiger partial charge on any atom is 0.293 e. The molecule has 0 saturated heterocycles. The minimum Gasteiger partial charge on any atom is -0.375 e. The van der Waals surface area contributed by atoms with Crippen LogP contribution in [-0.2, 0) is 6.54 Å². The molecule has 0 aromatic heterocycles. The topological polar surface area (TPSA) is 55.2 Å². The van der Waals surface area contributed by atoms with Crippen LogP contribution in [0.1, 0.15) is 11.1 Å². The third kappa shape index (κ3) is 3.33. The van der Waals surface area contributed by atoms with Crippen molar-refractivity contribution in [2.45, 2.75) is 13.5 Å². The van der Waals surface area contributed by atoms with Crippen LogP contribution in [0.5, 0.6) is 0 Å². The van der Waals surface area contributed by atoms with Gasteiger partial charge in [0, 0.05) is 17.1 Å². The van der Waals surface area contributed by atoms with E-state index in [0.717, 1.165) is 11.1 Å². The summed E-state index contributed by atoms with van der Waals surface area (Å²) >= 11 is 3.20. The van der Waals surface area contributed by atoms with Crippen LogP contribution < -0.4 is 5.32 Å². The number of nitro benzene ring substituents is 1. The molecule has 0 saturated carbocycles. The molecule has 0 spiro atoms. The molecule has 0 aliphatic carbocycles. The van der Waals surface area contributed by atoms with E-state index in [1.165, 1.54) is 18.2 Å². The molecule has 104 valence electrons. The Kier molecular flexibility index (Phi) is 4.34. The molecule has 6 heteroatoms. The van der Waals surface area contributed by atoms with Gasteiger partial charge < -0.3 is 5.32 Å². The van der Waals surface area contributed by atoms with Crippen molar-refractivity contribution < 1.29 is 9.31 Å². The van der Waals surface area contributed by atoms with E-state index in [1.807, 2.05) is 6.92 Å². The second-order valence-electron chi connectivity index (χ2n) is 4.34. The van der Waals surface area contributed by atoms with Crippen LogP contribution in [-0.4, -0.2) is 4.92 Å². The van der Waals surface area contributed by atoms with Crippen LogP contribution in [0.25, 0.3) is 0 Å². The van der Waals surface area contributed by atoms with Gasteiger partial charge in [0.2, 0.25) is 0 Å². The third-order valence-corrected chi connectivity index (χ3v) is 3.43. The largest absolute Gasteiger partial charge is 0.375 e. The number of halogens is 2. The van der Waals surface area contributed by atoms with Gasteiger partial charge in [0.1, 0.15) is 11.5 Å². The first-order chi connectivity index (χ1) is 9.47. The summed E-state index contributed by atoms with van der Waals surface area (Å²) in [7, 11) is 0. The molecule has 2 rings (SSSR count). The lowest BCUT2D eigenvalue weighted by Gasteiger charge is -2.10. The van der Waals surface area contributed by atoms with E-state index in [-0.39, 0.29) is 11.5 Å². The molecule has 0 aliphatic heterocycles. The molecule has 2 aromatic rings. The molecule has 0 fully saturated rings. The highest BCUT2D eigenvalue weighted by atomic mass is 79.9. The quantitative estimate of drug-likeness (QED) is 0.663. The van der Waals surface area contributed by atoms with Crippen LogP contribution in [0.2, 0.25) is 0 Å². The Bertz CT molecular complexity index is 662. The van der Waals surface area contributed by atoms with Crippen molar-refractivity contribution in [1.82, 2.24) is 0 Å². The van der Waals surface area contributed by atoms with Crippen LogP contribution in [0.3, 0.4) is 0 Å². The van der Waals surface area contributed by atoms with Gasteiger partial charge in [-0.25, -0.2) is 4.39 Å². The smallest absolute Gasteiger partial charge is 0.293 e. The van der Waals surface area contributed by atoms with Crippen LogP contribution in [0, 0.1) is 22.9 Å². The molecule has 0 bridgehead atoms. The average molecular weight is 339 g/mol. The molecule has 0 atom stereocenters. The van der Waals surface area contributed by atoms with Gasteiger partial charge in [-0.1, -0.05) is 22.0 Å². The van der Waals surface area contributed by atoms with E-state index in [9.17, 15) is 14.5 Å². The number of nitro groups is 1. The monoisotopic (exact) mass is 338 g/mol. The van der Waals surface area contributed by atoms with Gasteiger partial charge in [0.25, 0.3) is 5.69 Å². The number of benzene rings is 2. The molecule has 1 N–H and O–H groups in total. The third-order valence-electron chi connectivity index (χ3n) is 2.94. The highest BCUT2D eigenvalue weighted by Crippen LogP contribution is 2.28. The molecular formula is C14H12BrFN2O2. The average Bonchev–Trinajstić information content (AvgIpc) is 2.40. The summed E-state index contributed by atoms with van der Waals surface area (Å²) in [5.74, 6) is -0.322. The molecule has 0 unspecified atom stereocenters. The predicted molar refractivity (Wildman–Crippen MR) is 79.3 cm³/mol. The SMILES string of the molecule is Cc1ccc(F)cc1CNc1ccc(Br)cc1[N+](=O)[O-]. The van der Waals surface area contributed by atoms with Gasteiger partial charge in [-0.15, -0.1) is 0 Å². The van der Waals surface area contributed by atoms with Gasteiger partial charge in [0.05, 0.1) is 4.92 Å². The molecule has 0 radical (unpaired) electrons. The van der Waals surface area contributed by atoms with Crippen molar-refractivity contribution in [3.8, 4) is 0 Å². The Morgan fingerprint density at radius 3 is 2.75 bits per heavy atom. The number of nitrogens with one attached hydrogen (secondary N) is 1. The van der Waals surface area contributed by atoms with Crippen LogP contribution in [0.4, 0.5) is 15.8 Å². The maximum absolute atomic E-state index is 13.2. The summed E-state index contributed by atoms with van der Waals surface area (Å²) < 4.78 is 13.8.